The molecule has 0 atom stereocenters. The first-order chi connectivity index (χ1) is 12.9. The molecule has 0 radical (unpaired) electrons. The SMILES string of the molecule is c1cnc(NCCCSc2nc(-c3ccncc3)nc3c2CCC3)nc1. The van der Waals surface area contributed by atoms with Crippen LogP contribution in [0.1, 0.15) is 24.1 Å². The Hall–Kier alpha value is -2.54. The highest BCUT2D eigenvalue weighted by Crippen LogP contribution is 2.31. The van der Waals surface area contributed by atoms with Crippen molar-refractivity contribution in [2.75, 3.05) is 17.6 Å². The van der Waals surface area contributed by atoms with E-state index in [9.17, 15) is 0 Å². The Kier molecular flexibility index (Phi) is 5.35. The molecule has 6 nitrogen and oxygen atoms in total. The van der Waals surface area contributed by atoms with Gasteiger partial charge in [0.15, 0.2) is 5.82 Å². The summed E-state index contributed by atoms with van der Waals surface area (Å²) in [7, 11) is 0. The number of hydrogen-bond acceptors (Lipinski definition) is 7. The lowest BCUT2D eigenvalue weighted by atomic mass is 10.2. The third-order valence-electron chi connectivity index (χ3n) is 4.24. The van der Waals surface area contributed by atoms with Gasteiger partial charge in [-0.3, -0.25) is 4.98 Å². The fourth-order valence-electron chi connectivity index (χ4n) is 2.98. The zero-order chi connectivity index (χ0) is 17.6. The van der Waals surface area contributed by atoms with Crippen molar-refractivity contribution in [1.82, 2.24) is 24.9 Å². The molecule has 0 unspecified atom stereocenters. The van der Waals surface area contributed by atoms with Gasteiger partial charge < -0.3 is 5.32 Å². The smallest absolute Gasteiger partial charge is 0.222 e. The molecule has 0 saturated carbocycles. The number of nitrogens with zero attached hydrogens (tertiary/aromatic N) is 5. The van der Waals surface area contributed by atoms with Crippen molar-refractivity contribution in [3.63, 3.8) is 0 Å². The summed E-state index contributed by atoms with van der Waals surface area (Å²) in [5.41, 5.74) is 3.58. The van der Waals surface area contributed by atoms with Crippen molar-refractivity contribution in [1.29, 1.82) is 0 Å². The predicted octanol–water partition coefficient (Wildman–Crippen LogP) is 3.41. The lowest BCUT2D eigenvalue weighted by Crippen LogP contribution is -2.06. The Morgan fingerprint density at radius 2 is 1.85 bits per heavy atom. The van der Waals surface area contributed by atoms with E-state index in [1.165, 1.54) is 17.7 Å². The van der Waals surface area contributed by atoms with Gasteiger partial charge in [-0.2, -0.15) is 0 Å². The van der Waals surface area contributed by atoms with Crippen LogP contribution in [0.25, 0.3) is 11.4 Å². The molecule has 1 aliphatic carbocycles. The van der Waals surface area contributed by atoms with E-state index in [0.29, 0.717) is 5.95 Å². The first-order valence-electron chi connectivity index (χ1n) is 8.84. The van der Waals surface area contributed by atoms with Crippen LogP contribution in [-0.4, -0.2) is 37.2 Å². The van der Waals surface area contributed by atoms with Crippen molar-refractivity contribution in [3.8, 4) is 11.4 Å². The van der Waals surface area contributed by atoms with Crippen LogP contribution in [0.5, 0.6) is 0 Å². The molecule has 1 N–H and O–H groups in total. The molecule has 3 aromatic heterocycles. The van der Waals surface area contributed by atoms with E-state index >= 15 is 0 Å². The second-order valence-corrected chi connectivity index (χ2v) is 7.15. The molecule has 3 aromatic rings. The van der Waals surface area contributed by atoms with Gasteiger partial charge in [-0.25, -0.2) is 19.9 Å². The molecular formula is C19H20N6S. The van der Waals surface area contributed by atoms with Gasteiger partial charge in [0.25, 0.3) is 0 Å². The number of anilines is 1. The minimum absolute atomic E-state index is 0.681. The average molecular weight is 364 g/mol. The van der Waals surface area contributed by atoms with Gasteiger partial charge in [0.05, 0.1) is 0 Å². The third kappa shape index (κ3) is 3.99. The number of rotatable bonds is 7. The molecule has 0 bridgehead atoms. The summed E-state index contributed by atoms with van der Waals surface area (Å²) in [5, 5.41) is 4.38. The van der Waals surface area contributed by atoms with Crippen LogP contribution in [0.4, 0.5) is 5.95 Å². The number of thioether (sulfide) groups is 1. The quantitative estimate of drug-likeness (QED) is 0.391. The largest absolute Gasteiger partial charge is 0.354 e. The van der Waals surface area contributed by atoms with Crippen LogP contribution in [0.15, 0.2) is 48.0 Å². The highest BCUT2D eigenvalue weighted by molar-refractivity contribution is 7.99. The Bertz CT molecular complexity index is 857. The van der Waals surface area contributed by atoms with Gasteiger partial charge >= 0.3 is 0 Å². The summed E-state index contributed by atoms with van der Waals surface area (Å²) in [6.07, 6.45) is 11.4. The van der Waals surface area contributed by atoms with Crippen molar-refractivity contribution < 1.29 is 0 Å². The van der Waals surface area contributed by atoms with Crippen molar-refractivity contribution in [2.45, 2.75) is 30.7 Å². The zero-order valence-electron chi connectivity index (χ0n) is 14.4. The maximum absolute atomic E-state index is 4.85. The van der Waals surface area contributed by atoms with E-state index in [4.69, 9.17) is 9.97 Å². The van der Waals surface area contributed by atoms with E-state index in [1.807, 2.05) is 30.0 Å². The van der Waals surface area contributed by atoms with E-state index in [2.05, 4.69) is 20.3 Å². The normalized spacial score (nSPS) is 12.8. The molecule has 0 spiro atoms. The van der Waals surface area contributed by atoms with Crippen LogP contribution in [0, 0.1) is 0 Å². The zero-order valence-corrected chi connectivity index (χ0v) is 15.2. The van der Waals surface area contributed by atoms with Gasteiger partial charge in [-0.1, -0.05) is 0 Å². The minimum Gasteiger partial charge on any atom is -0.354 e. The fourth-order valence-corrected chi connectivity index (χ4v) is 4.01. The summed E-state index contributed by atoms with van der Waals surface area (Å²) in [4.78, 5) is 22.1. The fraction of sp³-hybridized carbons (Fsp3) is 0.316. The van der Waals surface area contributed by atoms with Crippen LogP contribution in [0.3, 0.4) is 0 Å². The number of aromatic nitrogens is 5. The van der Waals surface area contributed by atoms with E-state index in [-0.39, 0.29) is 0 Å². The number of pyridine rings is 1. The van der Waals surface area contributed by atoms with Crippen molar-refractivity contribution >= 4 is 17.7 Å². The molecular weight excluding hydrogens is 344 g/mol. The molecule has 132 valence electrons. The van der Waals surface area contributed by atoms with Crippen LogP contribution >= 0.6 is 11.8 Å². The molecule has 0 aliphatic heterocycles. The number of fused-ring (bicyclic) bond motifs is 1. The van der Waals surface area contributed by atoms with E-state index in [0.717, 1.165) is 48.0 Å². The highest BCUT2D eigenvalue weighted by atomic mass is 32.2. The molecule has 26 heavy (non-hydrogen) atoms. The first kappa shape index (κ1) is 16.9. The summed E-state index contributed by atoms with van der Waals surface area (Å²) in [6.45, 7) is 0.849. The third-order valence-corrected chi connectivity index (χ3v) is 5.35. The Balaban J connectivity index is 1.40. The van der Waals surface area contributed by atoms with Crippen LogP contribution in [-0.2, 0) is 12.8 Å². The molecule has 3 heterocycles. The Morgan fingerprint density at radius 3 is 2.69 bits per heavy atom. The molecule has 0 aromatic carbocycles. The summed E-state index contributed by atoms with van der Waals surface area (Å²) in [6, 6.07) is 5.75. The molecule has 7 heteroatoms. The number of nitrogens with one attached hydrogen (secondary N) is 1. The number of aryl methyl sites for hydroxylation is 1. The van der Waals surface area contributed by atoms with Crippen LogP contribution < -0.4 is 5.32 Å². The molecule has 0 saturated heterocycles. The van der Waals surface area contributed by atoms with Gasteiger partial charge in [0, 0.05) is 53.9 Å². The van der Waals surface area contributed by atoms with Crippen molar-refractivity contribution in [2.24, 2.45) is 0 Å². The van der Waals surface area contributed by atoms with Gasteiger partial charge in [-0.05, 0) is 43.9 Å². The van der Waals surface area contributed by atoms with E-state index < -0.39 is 0 Å². The molecule has 1 aliphatic rings. The predicted molar refractivity (Wildman–Crippen MR) is 103 cm³/mol. The van der Waals surface area contributed by atoms with Crippen molar-refractivity contribution in [3.05, 3.63) is 54.2 Å². The summed E-state index contributed by atoms with van der Waals surface area (Å²) >= 11 is 1.82. The lowest BCUT2D eigenvalue weighted by molar-refractivity contribution is 0.895. The Morgan fingerprint density at radius 1 is 1.00 bits per heavy atom. The molecule has 0 amide bonds. The van der Waals surface area contributed by atoms with Gasteiger partial charge in [0.1, 0.15) is 5.03 Å². The Labute approximate surface area is 157 Å². The average Bonchev–Trinajstić information content (AvgIpc) is 3.18. The summed E-state index contributed by atoms with van der Waals surface area (Å²) < 4.78 is 0. The monoisotopic (exact) mass is 364 g/mol. The highest BCUT2D eigenvalue weighted by Gasteiger charge is 2.20. The van der Waals surface area contributed by atoms with Gasteiger partial charge in [0.2, 0.25) is 5.95 Å². The standard InChI is InChI=1S/C19H20N6S/c1-4-15-16(5-1)24-17(14-6-11-20-12-7-14)25-18(15)26-13-3-10-23-19-21-8-2-9-22-19/h2,6-9,11-12H,1,3-5,10,13H2,(H,21,22,23). The molecule has 4 rings (SSSR count). The van der Waals surface area contributed by atoms with Crippen LogP contribution in [0.2, 0.25) is 0 Å². The van der Waals surface area contributed by atoms with Gasteiger partial charge in [-0.15, -0.1) is 11.8 Å². The molecule has 0 fully saturated rings. The van der Waals surface area contributed by atoms with E-state index in [1.54, 1.807) is 24.8 Å². The second kappa shape index (κ2) is 8.23. The second-order valence-electron chi connectivity index (χ2n) is 6.07. The maximum atomic E-state index is 4.85. The first-order valence-corrected chi connectivity index (χ1v) is 9.82. The minimum atomic E-state index is 0.681. The summed E-state index contributed by atoms with van der Waals surface area (Å²) in [5.74, 6) is 2.49. The topological polar surface area (TPSA) is 76.5 Å². The lowest BCUT2D eigenvalue weighted by Gasteiger charge is -2.10. The maximum Gasteiger partial charge on any atom is 0.222 e. The number of hydrogen-bond donors (Lipinski definition) is 1.